The molecule has 3 N–H and O–H groups in total. The maximum Gasteiger partial charge on any atom is 0.228 e. The number of ether oxygens (including phenoxy) is 1. The van der Waals surface area contributed by atoms with E-state index in [0.717, 1.165) is 0 Å². The molecule has 18 heavy (non-hydrogen) atoms. The Kier molecular flexibility index (Phi) is 7.06. The lowest BCUT2D eigenvalue weighted by Crippen LogP contribution is -2.34. The van der Waals surface area contributed by atoms with Crippen molar-refractivity contribution in [1.82, 2.24) is 0 Å². The third kappa shape index (κ3) is 4.37. The lowest BCUT2D eigenvalue weighted by molar-refractivity contribution is -0.119. The molecule has 0 spiro atoms. The first kappa shape index (κ1) is 17.0. The summed E-state index contributed by atoms with van der Waals surface area (Å²) in [6.45, 7) is 3.57. The van der Waals surface area contributed by atoms with Crippen LogP contribution in [0.4, 0.5) is 5.69 Å². The maximum atomic E-state index is 11.8. The Morgan fingerprint density at radius 3 is 2.56 bits per heavy atom. The predicted octanol–water partition coefficient (Wildman–Crippen LogP) is 2.69. The molecule has 4 nitrogen and oxygen atoms in total. The van der Waals surface area contributed by atoms with E-state index in [-0.39, 0.29) is 30.3 Å². The lowest BCUT2D eigenvalue weighted by atomic mass is 10.0. The van der Waals surface area contributed by atoms with Crippen molar-refractivity contribution in [3.63, 3.8) is 0 Å². The highest BCUT2D eigenvalue weighted by atomic mass is 35.5. The molecule has 0 bridgehead atoms. The summed E-state index contributed by atoms with van der Waals surface area (Å²) in [7, 11) is 1.54. The normalized spacial score (nSPS) is 13.2. The van der Waals surface area contributed by atoms with Crippen LogP contribution in [-0.2, 0) is 4.79 Å². The summed E-state index contributed by atoms with van der Waals surface area (Å²) in [5, 5.41) is 3.29. The molecular weight excluding hydrogens is 275 g/mol. The first-order valence-corrected chi connectivity index (χ1v) is 5.73. The van der Waals surface area contributed by atoms with Gasteiger partial charge in [-0.3, -0.25) is 4.79 Å². The van der Waals surface area contributed by atoms with Gasteiger partial charge < -0.3 is 15.8 Å². The molecule has 0 fully saturated rings. The summed E-state index contributed by atoms with van der Waals surface area (Å²) in [5.74, 6) is 0.138. The van der Waals surface area contributed by atoms with Crippen molar-refractivity contribution >= 4 is 35.6 Å². The minimum atomic E-state index is -0.279. The molecule has 2 atom stereocenters. The van der Waals surface area contributed by atoms with Crippen LogP contribution >= 0.6 is 24.0 Å². The number of carbonyl (C=O) groups excluding carboxylic acids is 1. The number of halogens is 2. The van der Waals surface area contributed by atoms with Crippen molar-refractivity contribution in [2.75, 3.05) is 12.4 Å². The highest BCUT2D eigenvalue weighted by molar-refractivity contribution is 6.31. The zero-order valence-corrected chi connectivity index (χ0v) is 12.1. The maximum absolute atomic E-state index is 11.8. The van der Waals surface area contributed by atoms with Gasteiger partial charge in [-0.2, -0.15) is 0 Å². The topological polar surface area (TPSA) is 64.3 Å². The second-order valence-electron chi connectivity index (χ2n) is 3.98. The van der Waals surface area contributed by atoms with Crippen molar-refractivity contribution in [1.29, 1.82) is 0 Å². The first-order valence-electron chi connectivity index (χ1n) is 5.35. The van der Waals surface area contributed by atoms with Gasteiger partial charge in [0.05, 0.1) is 18.7 Å². The zero-order valence-electron chi connectivity index (χ0n) is 10.6. The zero-order chi connectivity index (χ0) is 13.0. The summed E-state index contributed by atoms with van der Waals surface area (Å²) in [6, 6.07) is 4.84. The summed E-state index contributed by atoms with van der Waals surface area (Å²) in [4.78, 5) is 11.8. The Hall–Kier alpha value is -0.970. The number of anilines is 1. The molecule has 0 aliphatic rings. The van der Waals surface area contributed by atoms with Gasteiger partial charge in [-0.1, -0.05) is 18.5 Å². The van der Waals surface area contributed by atoms with Crippen LogP contribution in [0.1, 0.15) is 13.8 Å². The van der Waals surface area contributed by atoms with Crippen LogP contribution < -0.4 is 15.8 Å². The number of carbonyl (C=O) groups is 1. The smallest absolute Gasteiger partial charge is 0.228 e. The van der Waals surface area contributed by atoms with Crippen LogP contribution in [0.2, 0.25) is 5.02 Å². The monoisotopic (exact) mass is 292 g/mol. The van der Waals surface area contributed by atoms with Gasteiger partial charge in [0.2, 0.25) is 5.91 Å². The van der Waals surface area contributed by atoms with Crippen LogP contribution in [0.3, 0.4) is 0 Å². The van der Waals surface area contributed by atoms with Crippen LogP contribution in [0, 0.1) is 5.92 Å². The molecule has 102 valence electrons. The summed E-state index contributed by atoms with van der Waals surface area (Å²) < 4.78 is 5.14. The molecule has 0 saturated carbocycles. The quantitative estimate of drug-likeness (QED) is 0.897. The number of hydrogen-bond acceptors (Lipinski definition) is 3. The molecule has 0 radical (unpaired) electrons. The molecule has 1 amide bonds. The number of nitrogens with two attached hydrogens (primary N) is 1. The minimum Gasteiger partial charge on any atom is -0.495 e. The molecule has 1 aromatic rings. The van der Waals surface area contributed by atoms with Crippen LogP contribution in [-0.4, -0.2) is 19.1 Å². The van der Waals surface area contributed by atoms with Gasteiger partial charge in [-0.25, -0.2) is 0 Å². The van der Waals surface area contributed by atoms with Gasteiger partial charge in [-0.05, 0) is 25.1 Å². The Balaban J connectivity index is 0.00000289. The second-order valence-corrected chi connectivity index (χ2v) is 4.42. The second kappa shape index (κ2) is 7.46. The van der Waals surface area contributed by atoms with E-state index < -0.39 is 0 Å². The van der Waals surface area contributed by atoms with Crippen molar-refractivity contribution < 1.29 is 9.53 Å². The van der Waals surface area contributed by atoms with E-state index in [1.807, 2.05) is 0 Å². The number of hydrogen-bond donors (Lipinski definition) is 2. The Morgan fingerprint density at radius 2 is 2.06 bits per heavy atom. The van der Waals surface area contributed by atoms with Crippen LogP contribution in [0.25, 0.3) is 0 Å². The van der Waals surface area contributed by atoms with E-state index in [0.29, 0.717) is 16.5 Å². The number of amides is 1. The number of rotatable bonds is 4. The van der Waals surface area contributed by atoms with Gasteiger partial charge in [-0.15, -0.1) is 12.4 Å². The number of nitrogens with one attached hydrogen (secondary N) is 1. The third-order valence-electron chi connectivity index (χ3n) is 2.62. The highest BCUT2D eigenvalue weighted by Gasteiger charge is 2.18. The van der Waals surface area contributed by atoms with Gasteiger partial charge in [0.1, 0.15) is 5.75 Å². The van der Waals surface area contributed by atoms with E-state index in [1.165, 1.54) is 7.11 Å². The molecule has 0 saturated heterocycles. The van der Waals surface area contributed by atoms with Crippen molar-refractivity contribution in [3.8, 4) is 5.75 Å². The molecular formula is C12H18Cl2N2O2. The fourth-order valence-corrected chi connectivity index (χ4v) is 1.44. The number of methoxy groups -OCH3 is 1. The predicted molar refractivity (Wildman–Crippen MR) is 76.7 cm³/mol. The molecule has 6 heteroatoms. The van der Waals surface area contributed by atoms with Gasteiger partial charge >= 0.3 is 0 Å². The van der Waals surface area contributed by atoms with E-state index in [2.05, 4.69) is 5.32 Å². The van der Waals surface area contributed by atoms with Gasteiger partial charge in [0.25, 0.3) is 0 Å². The van der Waals surface area contributed by atoms with E-state index in [9.17, 15) is 4.79 Å². The minimum absolute atomic E-state index is 0. The fourth-order valence-electron chi connectivity index (χ4n) is 1.26. The highest BCUT2D eigenvalue weighted by Crippen LogP contribution is 2.28. The lowest BCUT2D eigenvalue weighted by Gasteiger charge is -2.16. The van der Waals surface area contributed by atoms with E-state index in [4.69, 9.17) is 22.1 Å². The Bertz CT molecular complexity index is 411. The first-order chi connectivity index (χ1) is 7.95. The van der Waals surface area contributed by atoms with Crippen molar-refractivity contribution in [3.05, 3.63) is 23.2 Å². The Morgan fingerprint density at radius 1 is 1.44 bits per heavy atom. The Labute approximate surface area is 118 Å². The van der Waals surface area contributed by atoms with Gasteiger partial charge in [0, 0.05) is 11.1 Å². The average Bonchev–Trinajstić information content (AvgIpc) is 2.28. The fraction of sp³-hybridized carbons (Fsp3) is 0.417. The van der Waals surface area contributed by atoms with Crippen LogP contribution in [0.15, 0.2) is 18.2 Å². The van der Waals surface area contributed by atoms with Crippen molar-refractivity contribution in [2.45, 2.75) is 19.9 Å². The third-order valence-corrected chi connectivity index (χ3v) is 2.86. The van der Waals surface area contributed by atoms with E-state index in [1.54, 1.807) is 32.0 Å². The molecule has 0 aliphatic carbocycles. The summed E-state index contributed by atoms with van der Waals surface area (Å²) in [5.41, 5.74) is 6.23. The SMILES string of the molecule is COc1ccc(Cl)cc1NC(=O)C(C)C(C)N.Cl. The average molecular weight is 293 g/mol. The molecule has 0 aromatic heterocycles. The van der Waals surface area contributed by atoms with Gasteiger partial charge in [0.15, 0.2) is 0 Å². The molecule has 0 aliphatic heterocycles. The summed E-state index contributed by atoms with van der Waals surface area (Å²) in [6.07, 6.45) is 0. The molecule has 1 aromatic carbocycles. The number of benzene rings is 1. The largest absolute Gasteiger partial charge is 0.495 e. The molecule has 0 heterocycles. The standard InChI is InChI=1S/C12H17ClN2O2.ClH/c1-7(8(2)14)12(16)15-10-6-9(13)4-5-11(10)17-3;/h4-8H,14H2,1-3H3,(H,15,16);1H. The molecule has 2 unspecified atom stereocenters. The van der Waals surface area contributed by atoms with Crippen molar-refractivity contribution in [2.24, 2.45) is 11.7 Å². The van der Waals surface area contributed by atoms with Crippen LogP contribution in [0.5, 0.6) is 5.75 Å². The summed E-state index contributed by atoms with van der Waals surface area (Å²) >= 11 is 5.87. The van der Waals surface area contributed by atoms with E-state index >= 15 is 0 Å². The molecule has 1 rings (SSSR count).